The van der Waals surface area contributed by atoms with Crippen LogP contribution in [0.1, 0.15) is 24.1 Å². The fraction of sp³-hybridized carbons (Fsp3) is 0.231. The Labute approximate surface area is 123 Å². The minimum atomic E-state index is -4.43. The second kappa shape index (κ2) is 5.72. The molecule has 0 bridgehead atoms. The molecule has 21 heavy (non-hydrogen) atoms. The Balaban J connectivity index is 2.10. The van der Waals surface area contributed by atoms with E-state index in [1.165, 1.54) is 0 Å². The van der Waals surface area contributed by atoms with E-state index in [0.717, 1.165) is 22.3 Å². The van der Waals surface area contributed by atoms with Crippen molar-refractivity contribution in [1.29, 1.82) is 5.41 Å². The molecule has 1 heterocycles. The highest BCUT2D eigenvalue weighted by molar-refractivity contribution is 7.13. The summed E-state index contributed by atoms with van der Waals surface area (Å²) in [6, 6.07) is 6.96. The first kappa shape index (κ1) is 15.3. The van der Waals surface area contributed by atoms with Crippen LogP contribution < -0.4 is 11.1 Å². The molecule has 0 aliphatic carbocycles. The molecule has 4 N–H and O–H groups in total. The summed E-state index contributed by atoms with van der Waals surface area (Å²) in [5.41, 5.74) is 6.01. The maximum absolute atomic E-state index is 12.4. The number of thiazole rings is 1. The number of aromatic nitrogens is 1. The predicted octanol–water partition coefficient (Wildman–Crippen LogP) is 3.94. The number of hydrogen-bond acceptors (Lipinski definition) is 4. The van der Waals surface area contributed by atoms with Gasteiger partial charge in [-0.1, -0.05) is 19.1 Å². The number of nitrogens with one attached hydrogen (secondary N) is 2. The van der Waals surface area contributed by atoms with E-state index in [0.29, 0.717) is 5.69 Å². The molecule has 2 rings (SSSR count). The van der Waals surface area contributed by atoms with Crippen LogP contribution in [-0.2, 0) is 6.18 Å². The minimum absolute atomic E-state index is 0.0606. The fourth-order valence-corrected chi connectivity index (χ4v) is 2.36. The van der Waals surface area contributed by atoms with Crippen molar-refractivity contribution in [2.45, 2.75) is 19.0 Å². The summed E-state index contributed by atoms with van der Waals surface area (Å²) in [6.07, 6.45) is -4.43. The van der Waals surface area contributed by atoms with Gasteiger partial charge in [-0.15, -0.1) is 11.3 Å². The highest BCUT2D eigenvalue weighted by Gasteiger charge is 2.33. The number of alkyl halides is 3. The van der Waals surface area contributed by atoms with Gasteiger partial charge in [0, 0.05) is 17.0 Å². The second-order valence-corrected chi connectivity index (χ2v) is 5.32. The zero-order chi connectivity index (χ0) is 15.6. The number of rotatable bonds is 4. The van der Waals surface area contributed by atoms with Crippen LogP contribution in [0.3, 0.4) is 0 Å². The van der Waals surface area contributed by atoms with Crippen LogP contribution in [0.5, 0.6) is 0 Å². The standard InChI is InChI=1S/C13H13F3N4S/c1-7(11(17)18)8-2-4-9(5-3-8)19-12-20-10(6-21-12)13(14,15)16/h2-7H,1H3,(H3,17,18)(H,19,20)/t7-/m1/s1. The average molecular weight is 314 g/mol. The van der Waals surface area contributed by atoms with Gasteiger partial charge in [-0.05, 0) is 17.7 Å². The number of anilines is 2. The van der Waals surface area contributed by atoms with Gasteiger partial charge in [-0.3, -0.25) is 5.41 Å². The van der Waals surface area contributed by atoms with E-state index >= 15 is 0 Å². The molecule has 8 heteroatoms. The molecule has 0 fully saturated rings. The number of halogens is 3. The molecule has 1 aromatic carbocycles. The Kier molecular flexibility index (Phi) is 4.17. The average Bonchev–Trinajstić information content (AvgIpc) is 2.87. The lowest BCUT2D eigenvalue weighted by atomic mass is 10.0. The van der Waals surface area contributed by atoms with Crippen molar-refractivity contribution in [3.63, 3.8) is 0 Å². The van der Waals surface area contributed by atoms with E-state index in [1.807, 2.05) is 0 Å². The van der Waals surface area contributed by atoms with E-state index < -0.39 is 11.9 Å². The second-order valence-electron chi connectivity index (χ2n) is 4.46. The fourth-order valence-electron chi connectivity index (χ4n) is 1.62. The van der Waals surface area contributed by atoms with E-state index in [9.17, 15) is 13.2 Å². The van der Waals surface area contributed by atoms with Gasteiger partial charge in [0.25, 0.3) is 0 Å². The largest absolute Gasteiger partial charge is 0.434 e. The van der Waals surface area contributed by atoms with E-state index in [1.54, 1.807) is 31.2 Å². The van der Waals surface area contributed by atoms with Crippen LogP contribution in [0.2, 0.25) is 0 Å². The summed E-state index contributed by atoms with van der Waals surface area (Å²) in [7, 11) is 0. The van der Waals surface area contributed by atoms with Gasteiger partial charge in [0.1, 0.15) is 0 Å². The summed E-state index contributed by atoms with van der Waals surface area (Å²) < 4.78 is 37.3. The Bertz CT molecular complexity index is 634. The molecule has 0 saturated heterocycles. The zero-order valence-electron chi connectivity index (χ0n) is 11.0. The summed E-state index contributed by atoms with van der Waals surface area (Å²) >= 11 is 0.890. The maximum Gasteiger partial charge on any atom is 0.434 e. The van der Waals surface area contributed by atoms with Crippen molar-refractivity contribution in [2.24, 2.45) is 5.73 Å². The molecular formula is C13H13F3N4S. The zero-order valence-corrected chi connectivity index (χ0v) is 11.8. The molecule has 4 nitrogen and oxygen atoms in total. The monoisotopic (exact) mass is 314 g/mol. The molecule has 0 aliphatic heterocycles. The van der Waals surface area contributed by atoms with Crippen LogP contribution in [0.15, 0.2) is 29.6 Å². The third kappa shape index (κ3) is 3.72. The highest BCUT2D eigenvalue weighted by atomic mass is 32.1. The smallest absolute Gasteiger partial charge is 0.387 e. The summed E-state index contributed by atoms with van der Waals surface area (Å²) in [5.74, 6) is -0.138. The first-order valence-electron chi connectivity index (χ1n) is 6.01. The van der Waals surface area contributed by atoms with Crippen LogP contribution in [0, 0.1) is 5.41 Å². The van der Waals surface area contributed by atoms with Crippen molar-refractivity contribution < 1.29 is 13.2 Å². The molecule has 0 saturated carbocycles. The first-order valence-corrected chi connectivity index (χ1v) is 6.89. The van der Waals surface area contributed by atoms with Crippen LogP contribution in [0.4, 0.5) is 24.0 Å². The van der Waals surface area contributed by atoms with Crippen molar-refractivity contribution >= 4 is 28.0 Å². The Hall–Kier alpha value is -2.09. The Morgan fingerprint density at radius 2 is 1.95 bits per heavy atom. The van der Waals surface area contributed by atoms with Gasteiger partial charge in [0.2, 0.25) is 0 Å². The van der Waals surface area contributed by atoms with Gasteiger partial charge in [-0.2, -0.15) is 13.2 Å². The topological polar surface area (TPSA) is 74.8 Å². The molecule has 0 aliphatic rings. The quantitative estimate of drug-likeness (QED) is 0.591. The normalized spacial score (nSPS) is 13.0. The van der Waals surface area contributed by atoms with E-state index in [2.05, 4.69) is 10.3 Å². The van der Waals surface area contributed by atoms with E-state index in [4.69, 9.17) is 11.1 Å². The highest BCUT2D eigenvalue weighted by Crippen LogP contribution is 2.32. The number of hydrogen-bond donors (Lipinski definition) is 3. The molecule has 0 unspecified atom stereocenters. The van der Waals surface area contributed by atoms with Gasteiger partial charge >= 0.3 is 6.18 Å². The first-order chi connectivity index (χ1) is 9.77. The Morgan fingerprint density at radius 1 is 1.33 bits per heavy atom. The lowest BCUT2D eigenvalue weighted by Crippen LogP contribution is -2.17. The van der Waals surface area contributed by atoms with Crippen molar-refractivity contribution in [3.8, 4) is 0 Å². The maximum atomic E-state index is 12.4. The lowest BCUT2D eigenvalue weighted by Gasteiger charge is -2.10. The molecule has 1 atom stereocenters. The van der Waals surface area contributed by atoms with Crippen LogP contribution in [0.25, 0.3) is 0 Å². The lowest BCUT2D eigenvalue weighted by molar-refractivity contribution is -0.140. The molecule has 0 amide bonds. The molecule has 1 aromatic heterocycles. The third-order valence-electron chi connectivity index (χ3n) is 2.92. The number of nitrogens with zero attached hydrogens (tertiary/aromatic N) is 1. The summed E-state index contributed by atoms with van der Waals surface area (Å²) in [5, 5.41) is 11.3. The summed E-state index contributed by atoms with van der Waals surface area (Å²) in [4.78, 5) is 3.49. The van der Waals surface area contributed by atoms with Gasteiger partial charge < -0.3 is 11.1 Å². The van der Waals surface area contributed by atoms with Gasteiger partial charge in [0.15, 0.2) is 10.8 Å². The van der Waals surface area contributed by atoms with Crippen LogP contribution in [-0.4, -0.2) is 10.8 Å². The molecule has 112 valence electrons. The van der Waals surface area contributed by atoms with Gasteiger partial charge in [0.05, 0.1) is 5.84 Å². The number of benzene rings is 1. The van der Waals surface area contributed by atoms with Crippen molar-refractivity contribution in [1.82, 2.24) is 4.98 Å². The number of amidine groups is 1. The van der Waals surface area contributed by atoms with E-state index in [-0.39, 0.29) is 16.9 Å². The Morgan fingerprint density at radius 3 is 2.43 bits per heavy atom. The minimum Gasteiger partial charge on any atom is -0.387 e. The van der Waals surface area contributed by atoms with Crippen LogP contribution >= 0.6 is 11.3 Å². The summed E-state index contributed by atoms with van der Waals surface area (Å²) in [6.45, 7) is 1.81. The third-order valence-corrected chi connectivity index (χ3v) is 3.68. The number of nitrogens with two attached hydrogens (primary N) is 1. The molecule has 2 aromatic rings. The molecule has 0 radical (unpaired) electrons. The molecular weight excluding hydrogens is 301 g/mol. The van der Waals surface area contributed by atoms with Crippen molar-refractivity contribution in [2.75, 3.05) is 5.32 Å². The van der Waals surface area contributed by atoms with Gasteiger partial charge in [-0.25, -0.2) is 4.98 Å². The molecule has 0 spiro atoms. The SMILES string of the molecule is C[C@@H](C(=N)N)c1ccc(Nc2nc(C(F)(F)F)cs2)cc1. The predicted molar refractivity (Wildman–Crippen MR) is 77.2 cm³/mol. The van der Waals surface area contributed by atoms with Crippen molar-refractivity contribution in [3.05, 3.63) is 40.9 Å².